The van der Waals surface area contributed by atoms with Gasteiger partial charge in [0.15, 0.2) is 0 Å². The molecule has 33 heavy (non-hydrogen) atoms. The van der Waals surface area contributed by atoms with Crippen molar-refractivity contribution in [3.05, 3.63) is 89.5 Å². The Bertz CT molecular complexity index is 1410. The molecule has 1 aromatic heterocycles. The van der Waals surface area contributed by atoms with E-state index < -0.39 is 15.8 Å². The molecule has 0 saturated heterocycles. The Hall–Kier alpha value is -3.43. The number of nitrogens with one attached hydrogen (secondary N) is 2. The average molecular weight is 487 g/mol. The van der Waals surface area contributed by atoms with Crippen molar-refractivity contribution in [1.82, 2.24) is 14.9 Å². The molecule has 4 rings (SSSR count). The van der Waals surface area contributed by atoms with Crippen molar-refractivity contribution in [3.8, 4) is 0 Å². The van der Waals surface area contributed by atoms with Crippen molar-refractivity contribution in [2.75, 3.05) is 11.3 Å². The van der Waals surface area contributed by atoms with Gasteiger partial charge < -0.3 is 9.88 Å². The Morgan fingerprint density at radius 2 is 1.82 bits per heavy atom. The molecule has 0 aliphatic carbocycles. The molecular weight excluding hydrogens is 467 g/mol. The number of imidazole rings is 1. The zero-order chi connectivity index (χ0) is 23.4. The van der Waals surface area contributed by atoms with Crippen LogP contribution in [0.3, 0.4) is 0 Å². The van der Waals surface area contributed by atoms with Crippen LogP contribution in [-0.2, 0) is 16.6 Å². The molecule has 170 valence electrons. The first-order chi connectivity index (χ1) is 15.8. The minimum absolute atomic E-state index is 0.0542. The van der Waals surface area contributed by atoms with Gasteiger partial charge in [-0.15, -0.1) is 0 Å². The highest BCUT2D eigenvalue weighted by molar-refractivity contribution is 7.92. The first-order valence-electron chi connectivity index (χ1n) is 10.1. The van der Waals surface area contributed by atoms with E-state index in [0.717, 1.165) is 35.3 Å². The standard InChI is InChI=1S/C23H20ClFN4O3S/c24-19-11-6-16(14-21(19)28-33(31,32)18-9-7-17(25)8-10-18)23(30)26-12-3-13-29-15-27-20-4-1-2-5-22(20)29/h1-2,4-11,14-15,28H,3,12-13H2,(H,26,30). The number of carbonyl (C=O) groups excluding carboxylic acids is 1. The van der Waals surface area contributed by atoms with Gasteiger partial charge in [0.25, 0.3) is 15.9 Å². The maximum atomic E-state index is 13.1. The molecule has 0 atom stereocenters. The molecule has 3 aromatic carbocycles. The van der Waals surface area contributed by atoms with E-state index in [2.05, 4.69) is 15.0 Å². The number of aryl methyl sites for hydroxylation is 1. The molecule has 0 fully saturated rings. The van der Waals surface area contributed by atoms with E-state index in [9.17, 15) is 17.6 Å². The maximum Gasteiger partial charge on any atom is 0.261 e. The highest BCUT2D eigenvalue weighted by Gasteiger charge is 2.17. The fourth-order valence-corrected chi connectivity index (χ4v) is 4.60. The number of halogens is 2. The number of fused-ring (bicyclic) bond motifs is 1. The molecule has 0 bridgehead atoms. The summed E-state index contributed by atoms with van der Waals surface area (Å²) in [5.41, 5.74) is 2.25. The lowest BCUT2D eigenvalue weighted by Crippen LogP contribution is -2.25. The van der Waals surface area contributed by atoms with Gasteiger partial charge in [-0.05, 0) is 61.0 Å². The number of aromatic nitrogens is 2. The summed E-state index contributed by atoms with van der Waals surface area (Å²) in [5, 5.41) is 2.95. The van der Waals surface area contributed by atoms with Gasteiger partial charge in [0.05, 0.1) is 33.0 Å². The molecule has 10 heteroatoms. The normalized spacial score (nSPS) is 11.5. The van der Waals surface area contributed by atoms with E-state index in [-0.39, 0.29) is 27.1 Å². The van der Waals surface area contributed by atoms with Crippen molar-refractivity contribution < 1.29 is 17.6 Å². The minimum atomic E-state index is -4.00. The van der Waals surface area contributed by atoms with E-state index in [1.165, 1.54) is 18.2 Å². The number of hydrogen-bond acceptors (Lipinski definition) is 4. The van der Waals surface area contributed by atoms with Crippen LogP contribution in [0.4, 0.5) is 10.1 Å². The predicted molar refractivity (Wildman–Crippen MR) is 125 cm³/mol. The van der Waals surface area contributed by atoms with E-state index in [1.807, 2.05) is 28.8 Å². The number of benzene rings is 3. The number of amides is 1. The fourth-order valence-electron chi connectivity index (χ4n) is 3.30. The molecule has 0 aliphatic heterocycles. The largest absolute Gasteiger partial charge is 0.352 e. The molecule has 7 nitrogen and oxygen atoms in total. The monoisotopic (exact) mass is 486 g/mol. The van der Waals surface area contributed by atoms with Crippen LogP contribution in [0.5, 0.6) is 0 Å². The minimum Gasteiger partial charge on any atom is -0.352 e. The molecule has 1 amide bonds. The fraction of sp³-hybridized carbons (Fsp3) is 0.130. The SMILES string of the molecule is O=C(NCCCn1cnc2ccccc21)c1ccc(Cl)c(NS(=O)(=O)c2ccc(F)cc2)c1. The number of rotatable bonds is 8. The second-order valence-corrected chi connectivity index (χ2v) is 9.38. The van der Waals surface area contributed by atoms with Crippen LogP contribution in [0.2, 0.25) is 5.02 Å². The highest BCUT2D eigenvalue weighted by atomic mass is 35.5. The zero-order valence-electron chi connectivity index (χ0n) is 17.3. The van der Waals surface area contributed by atoms with Crippen molar-refractivity contribution in [2.45, 2.75) is 17.9 Å². The number of para-hydroxylation sites is 2. The van der Waals surface area contributed by atoms with E-state index in [0.29, 0.717) is 19.5 Å². The molecule has 0 unspecified atom stereocenters. The van der Waals surface area contributed by atoms with Crippen molar-refractivity contribution in [3.63, 3.8) is 0 Å². The Kier molecular flexibility index (Phi) is 6.62. The average Bonchev–Trinajstić information content (AvgIpc) is 3.21. The highest BCUT2D eigenvalue weighted by Crippen LogP contribution is 2.26. The van der Waals surface area contributed by atoms with Crippen LogP contribution in [0, 0.1) is 5.82 Å². The van der Waals surface area contributed by atoms with Crippen LogP contribution >= 0.6 is 11.6 Å². The zero-order valence-corrected chi connectivity index (χ0v) is 18.9. The molecule has 0 saturated carbocycles. The third-order valence-electron chi connectivity index (χ3n) is 4.99. The lowest BCUT2D eigenvalue weighted by molar-refractivity contribution is 0.0953. The van der Waals surface area contributed by atoms with Crippen LogP contribution in [0.1, 0.15) is 16.8 Å². The number of anilines is 1. The summed E-state index contributed by atoms with van der Waals surface area (Å²) in [5.74, 6) is -0.906. The Labute approximate surface area is 195 Å². The second-order valence-electron chi connectivity index (χ2n) is 7.29. The van der Waals surface area contributed by atoms with Gasteiger partial charge in [-0.3, -0.25) is 9.52 Å². The first kappa shape index (κ1) is 22.8. The van der Waals surface area contributed by atoms with Gasteiger partial charge in [-0.1, -0.05) is 23.7 Å². The molecule has 0 aliphatic rings. The third kappa shape index (κ3) is 5.32. The van der Waals surface area contributed by atoms with Crippen LogP contribution in [0.25, 0.3) is 11.0 Å². The molecule has 1 heterocycles. The molecular formula is C23H20ClFN4O3S. The maximum absolute atomic E-state index is 13.1. The summed E-state index contributed by atoms with van der Waals surface area (Å²) in [6.07, 6.45) is 2.45. The molecule has 2 N–H and O–H groups in total. The summed E-state index contributed by atoms with van der Waals surface area (Å²) >= 11 is 6.12. The van der Waals surface area contributed by atoms with Crippen LogP contribution in [-0.4, -0.2) is 30.4 Å². The van der Waals surface area contributed by atoms with Gasteiger partial charge >= 0.3 is 0 Å². The van der Waals surface area contributed by atoms with Crippen molar-refractivity contribution in [2.24, 2.45) is 0 Å². The van der Waals surface area contributed by atoms with Crippen molar-refractivity contribution >= 4 is 44.3 Å². The Morgan fingerprint density at radius 1 is 1.06 bits per heavy atom. The molecule has 4 aromatic rings. The molecule has 0 spiro atoms. The first-order valence-corrected chi connectivity index (χ1v) is 12.0. The van der Waals surface area contributed by atoms with Gasteiger partial charge in [0.2, 0.25) is 0 Å². The number of nitrogens with zero attached hydrogens (tertiary/aromatic N) is 2. The number of carbonyl (C=O) groups is 1. The smallest absolute Gasteiger partial charge is 0.261 e. The van der Waals surface area contributed by atoms with Gasteiger partial charge in [-0.25, -0.2) is 17.8 Å². The van der Waals surface area contributed by atoms with Gasteiger partial charge in [-0.2, -0.15) is 0 Å². The second kappa shape index (κ2) is 9.60. The summed E-state index contributed by atoms with van der Waals surface area (Å²) in [4.78, 5) is 16.8. The number of sulfonamides is 1. The van der Waals surface area contributed by atoms with Gasteiger partial charge in [0, 0.05) is 18.7 Å². The van der Waals surface area contributed by atoms with Gasteiger partial charge in [0.1, 0.15) is 5.82 Å². The quantitative estimate of drug-likeness (QED) is 0.360. The summed E-state index contributed by atoms with van der Waals surface area (Å²) in [6.45, 7) is 1.11. The van der Waals surface area contributed by atoms with E-state index in [4.69, 9.17) is 11.6 Å². The Balaban J connectivity index is 1.38. The predicted octanol–water partition coefficient (Wildman–Crippen LogP) is 4.45. The Morgan fingerprint density at radius 3 is 2.61 bits per heavy atom. The van der Waals surface area contributed by atoms with Crippen molar-refractivity contribution in [1.29, 1.82) is 0 Å². The summed E-state index contributed by atoms with van der Waals surface area (Å²) in [6, 6.07) is 16.5. The lowest BCUT2D eigenvalue weighted by atomic mass is 10.2. The summed E-state index contributed by atoms with van der Waals surface area (Å²) < 4.78 is 42.6. The lowest BCUT2D eigenvalue weighted by Gasteiger charge is -2.12. The number of hydrogen-bond donors (Lipinski definition) is 2. The third-order valence-corrected chi connectivity index (χ3v) is 6.70. The van der Waals surface area contributed by atoms with E-state index in [1.54, 1.807) is 6.33 Å². The topological polar surface area (TPSA) is 93.1 Å². The molecule has 0 radical (unpaired) electrons. The van der Waals surface area contributed by atoms with Crippen LogP contribution in [0.15, 0.2) is 78.0 Å². The van der Waals surface area contributed by atoms with E-state index >= 15 is 0 Å². The van der Waals surface area contributed by atoms with Crippen LogP contribution < -0.4 is 10.0 Å². The summed E-state index contributed by atoms with van der Waals surface area (Å²) in [7, 11) is -4.00.